The van der Waals surface area contributed by atoms with Crippen LogP contribution in [0.1, 0.15) is 30.9 Å². The molecular formula is C13H18N2O2. The summed E-state index contributed by atoms with van der Waals surface area (Å²) in [5, 5.41) is 9.16. The first-order valence-corrected chi connectivity index (χ1v) is 5.96. The lowest BCUT2D eigenvalue weighted by molar-refractivity contribution is -0.139. The molecule has 0 aromatic heterocycles. The van der Waals surface area contributed by atoms with Gasteiger partial charge in [0.1, 0.15) is 6.04 Å². The monoisotopic (exact) mass is 234 g/mol. The fourth-order valence-electron chi connectivity index (χ4n) is 2.36. The third-order valence-electron chi connectivity index (χ3n) is 3.40. The Morgan fingerprint density at radius 2 is 1.94 bits per heavy atom. The predicted octanol–water partition coefficient (Wildman–Crippen LogP) is 1.28. The van der Waals surface area contributed by atoms with E-state index in [0.29, 0.717) is 0 Å². The van der Waals surface area contributed by atoms with E-state index in [9.17, 15) is 4.79 Å². The topological polar surface area (TPSA) is 61.4 Å². The van der Waals surface area contributed by atoms with Gasteiger partial charge in [0, 0.05) is 12.0 Å². The third-order valence-corrected chi connectivity index (χ3v) is 3.40. The second kappa shape index (κ2) is 4.85. The van der Waals surface area contributed by atoms with Gasteiger partial charge in [-0.15, -0.1) is 0 Å². The zero-order chi connectivity index (χ0) is 12.4. The van der Waals surface area contributed by atoms with Crippen molar-refractivity contribution in [2.75, 3.05) is 0 Å². The van der Waals surface area contributed by atoms with E-state index in [2.05, 4.69) is 29.9 Å². The maximum Gasteiger partial charge on any atom is 0.322 e. The van der Waals surface area contributed by atoms with E-state index in [1.54, 1.807) is 0 Å². The molecule has 1 heterocycles. The number of rotatable bonds is 3. The summed E-state index contributed by atoms with van der Waals surface area (Å²) in [6, 6.07) is 7.76. The summed E-state index contributed by atoms with van der Waals surface area (Å²) in [7, 11) is 0. The van der Waals surface area contributed by atoms with Gasteiger partial charge in [0.15, 0.2) is 0 Å². The Morgan fingerprint density at radius 1 is 1.29 bits per heavy atom. The van der Waals surface area contributed by atoms with Crippen LogP contribution in [0, 0.1) is 0 Å². The molecular weight excluding hydrogens is 216 g/mol. The van der Waals surface area contributed by atoms with Crippen LogP contribution >= 0.6 is 0 Å². The van der Waals surface area contributed by atoms with Crippen molar-refractivity contribution in [2.45, 2.75) is 38.3 Å². The van der Waals surface area contributed by atoms with Gasteiger partial charge in [-0.2, -0.15) is 0 Å². The van der Waals surface area contributed by atoms with E-state index in [1.807, 2.05) is 19.1 Å². The van der Waals surface area contributed by atoms with Gasteiger partial charge in [0.25, 0.3) is 0 Å². The Kier molecular flexibility index (Phi) is 3.45. The lowest BCUT2D eigenvalue weighted by Crippen LogP contribution is -2.38. The van der Waals surface area contributed by atoms with Gasteiger partial charge in [-0.25, -0.2) is 5.43 Å². The number of hydrazine groups is 1. The van der Waals surface area contributed by atoms with E-state index in [4.69, 9.17) is 5.11 Å². The normalized spacial score (nSPS) is 28.2. The zero-order valence-corrected chi connectivity index (χ0v) is 10.1. The molecule has 17 heavy (non-hydrogen) atoms. The van der Waals surface area contributed by atoms with Crippen molar-refractivity contribution in [2.24, 2.45) is 0 Å². The number of benzene rings is 1. The lowest BCUT2D eigenvalue weighted by atomic mass is 9.87. The summed E-state index contributed by atoms with van der Waals surface area (Å²) in [5.41, 5.74) is 8.17. The van der Waals surface area contributed by atoms with Crippen molar-refractivity contribution in [1.82, 2.24) is 10.9 Å². The molecule has 0 amide bonds. The van der Waals surface area contributed by atoms with Crippen LogP contribution in [0.25, 0.3) is 0 Å². The van der Waals surface area contributed by atoms with Crippen molar-refractivity contribution >= 4 is 5.97 Å². The van der Waals surface area contributed by atoms with Crippen molar-refractivity contribution < 1.29 is 9.90 Å². The molecule has 0 spiro atoms. The number of hydrogen-bond acceptors (Lipinski definition) is 3. The summed E-state index contributed by atoms with van der Waals surface area (Å²) < 4.78 is 0. The van der Waals surface area contributed by atoms with Gasteiger partial charge in [0.05, 0.1) is 0 Å². The van der Waals surface area contributed by atoms with Crippen LogP contribution in [-0.4, -0.2) is 23.2 Å². The minimum Gasteiger partial charge on any atom is -0.480 e. The van der Waals surface area contributed by atoms with Crippen molar-refractivity contribution in [1.29, 1.82) is 0 Å². The Labute approximate surface area is 101 Å². The van der Waals surface area contributed by atoms with Crippen LogP contribution in [0.3, 0.4) is 0 Å². The third kappa shape index (κ3) is 2.33. The van der Waals surface area contributed by atoms with E-state index < -0.39 is 12.0 Å². The molecule has 1 aromatic carbocycles. The Hall–Kier alpha value is -1.39. The molecule has 0 bridgehead atoms. The molecule has 4 nitrogen and oxygen atoms in total. The van der Waals surface area contributed by atoms with Crippen LogP contribution in [-0.2, 0) is 11.2 Å². The highest BCUT2D eigenvalue weighted by molar-refractivity contribution is 5.75. The molecule has 1 saturated heterocycles. The summed E-state index contributed by atoms with van der Waals surface area (Å²) in [4.78, 5) is 11.2. The maximum absolute atomic E-state index is 11.2. The van der Waals surface area contributed by atoms with Gasteiger partial charge in [-0.05, 0) is 24.5 Å². The molecule has 1 aliphatic rings. The Balaban J connectivity index is 2.26. The SMILES string of the molecule is CCc1ccc(C2C(C)NNC2C(=O)O)cc1. The number of aryl methyl sites for hydroxylation is 1. The van der Waals surface area contributed by atoms with Gasteiger partial charge in [-0.3, -0.25) is 10.2 Å². The summed E-state index contributed by atoms with van der Waals surface area (Å²) in [5.74, 6) is -0.843. The maximum atomic E-state index is 11.2. The first-order chi connectivity index (χ1) is 8.13. The molecule has 3 N–H and O–H groups in total. The lowest BCUT2D eigenvalue weighted by Gasteiger charge is -2.18. The fraction of sp³-hybridized carbons (Fsp3) is 0.462. The predicted molar refractivity (Wildman–Crippen MR) is 65.7 cm³/mol. The largest absolute Gasteiger partial charge is 0.480 e. The Morgan fingerprint density at radius 3 is 2.47 bits per heavy atom. The van der Waals surface area contributed by atoms with Crippen LogP contribution < -0.4 is 10.9 Å². The fourth-order valence-corrected chi connectivity index (χ4v) is 2.36. The van der Waals surface area contributed by atoms with Crippen molar-refractivity contribution in [3.8, 4) is 0 Å². The second-order valence-electron chi connectivity index (χ2n) is 4.51. The number of aliphatic carboxylic acids is 1. The first-order valence-electron chi connectivity index (χ1n) is 5.96. The number of carboxylic acids is 1. The molecule has 2 rings (SSSR count). The van der Waals surface area contributed by atoms with Gasteiger partial charge >= 0.3 is 5.97 Å². The first kappa shape index (κ1) is 12.1. The van der Waals surface area contributed by atoms with Crippen molar-refractivity contribution in [3.05, 3.63) is 35.4 Å². The summed E-state index contributed by atoms with van der Waals surface area (Å²) in [6.07, 6.45) is 0.999. The van der Waals surface area contributed by atoms with Crippen molar-refractivity contribution in [3.63, 3.8) is 0 Å². The number of hydrogen-bond donors (Lipinski definition) is 3. The highest BCUT2D eigenvalue weighted by atomic mass is 16.4. The summed E-state index contributed by atoms with van der Waals surface area (Å²) >= 11 is 0. The van der Waals surface area contributed by atoms with Crippen LogP contribution in [0.2, 0.25) is 0 Å². The molecule has 3 atom stereocenters. The molecule has 4 heteroatoms. The minimum atomic E-state index is -0.814. The summed E-state index contributed by atoms with van der Waals surface area (Å²) in [6.45, 7) is 4.10. The average molecular weight is 234 g/mol. The molecule has 1 fully saturated rings. The molecule has 0 aliphatic carbocycles. The van der Waals surface area contributed by atoms with E-state index >= 15 is 0 Å². The van der Waals surface area contributed by atoms with Crippen LogP contribution in [0.5, 0.6) is 0 Å². The number of carboxylic acid groups (broad SMARTS) is 1. The molecule has 1 aliphatic heterocycles. The average Bonchev–Trinajstić information content (AvgIpc) is 2.71. The van der Waals surface area contributed by atoms with Gasteiger partial charge in [0.2, 0.25) is 0 Å². The molecule has 1 aromatic rings. The highest BCUT2D eigenvalue weighted by Gasteiger charge is 2.38. The van der Waals surface area contributed by atoms with E-state index in [1.165, 1.54) is 5.56 Å². The molecule has 0 radical (unpaired) electrons. The van der Waals surface area contributed by atoms with Crippen LogP contribution in [0.15, 0.2) is 24.3 Å². The van der Waals surface area contributed by atoms with Gasteiger partial charge < -0.3 is 5.11 Å². The second-order valence-corrected chi connectivity index (χ2v) is 4.51. The Bertz CT molecular complexity index is 402. The molecule has 92 valence electrons. The standard InChI is InChI=1S/C13H18N2O2/c1-3-9-4-6-10(7-5-9)11-8(2)14-15-12(11)13(16)17/h4-8,11-12,14-15H,3H2,1-2H3,(H,16,17). The minimum absolute atomic E-state index is 0.0293. The zero-order valence-electron chi connectivity index (χ0n) is 10.1. The van der Waals surface area contributed by atoms with E-state index in [-0.39, 0.29) is 12.0 Å². The smallest absolute Gasteiger partial charge is 0.322 e. The number of nitrogens with one attached hydrogen (secondary N) is 2. The molecule has 0 saturated carbocycles. The quantitative estimate of drug-likeness (QED) is 0.737. The highest BCUT2D eigenvalue weighted by Crippen LogP contribution is 2.27. The van der Waals surface area contributed by atoms with E-state index in [0.717, 1.165) is 12.0 Å². The number of carbonyl (C=O) groups is 1. The van der Waals surface area contributed by atoms with Crippen LogP contribution in [0.4, 0.5) is 0 Å². The van der Waals surface area contributed by atoms with Gasteiger partial charge in [-0.1, -0.05) is 31.2 Å². The molecule has 3 unspecified atom stereocenters.